The van der Waals surface area contributed by atoms with E-state index in [1.54, 1.807) is 30.5 Å². The van der Waals surface area contributed by atoms with Crippen LogP contribution >= 0.6 is 27.7 Å². The molecule has 2 amide bonds. The van der Waals surface area contributed by atoms with Crippen molar-refractivity contribution in [2.75, 3.05) is 25.5 Å². The summed E-state index contributed by atoms with van der Waals surface area (Å²) in [5.41, 5.74) is 4.49. The number of benzene rings is 2. The Morgan fingerprint density at radius 1 is 1.22 bits per heavy atom. The van der Waals surface area contributed by atoms with Crippen molar-refractivity contribution in [2.24, 2.45) is 5.10 Å². The number of hydrogen-bond acceptors (Lipinski definition) is 6. The second kappa shape index (κ2) is 13.2. The molecule has 32 heavy (non-hydrogen) atoms. The van der Waals surface area contributed by atoms with Crippen LogP contribution in [0.1, 0.15) is 24.0 Å². The SMILES string of the molecule is O=C(COc1ccc(C=NNC(=O)CSCc2cccc(Br)c2)cc1)NCC1CCCO1. The molecule has 0 bridgehead atoms. The summed E-state index contributed by atoms with van der Waals surface area (Å²) in [6.07, 6.45) is 3.70. The smallest absolute Gasteiger partial charge is 0.258 e. The molecule has 0 spiro atoms. The number of nitrogens with one attached hydrogen (secondary N) is 2. The Balaban J connectivity index is 1.31. The predicted molar refractivity (Wildman–Crippen MR) is 130 cm³/mol. The Morgan fingerprint density at radius 3 is 2.81 bits per heavy atom. The van der Waals surface area contributed by atoms with Crippen molar-refractivity contribution >= 4 is 45.7 Å². The molecule has 1 fully saturated rings. The second-order valence-corrected chi connectivity index (χ2v) is 9.11. The summed E-state index contributed by atoms with van der Waals surface area (Å²) in [6, 6.07) is 15.1. The van der Waals surface area contributed by atoms with Gasteiger partial charge in [0.1, 0.15) is 5.75 Å². The zero-order chi connectivity index (χ0) is 22.6. The molecule has 7 nitrogen and oxygen atoms in total. The lowest BCUT2D eigenvalue weighted by Gasteiger charge is -2.11. The van der Waals surface area contributed by atoms with Gasteiger partial charge in [-0.1, -0.05) is 28.1 Å². The first-order valence-electron chi connectivity index (χ1n) is 10.3. The highest BCUT2D eigenvalue weighted by molar-refractivity contribution is 9.10. The molecular weight excluding hydrogens is 494 g/mol. The molecule has 0 radical (unpaired) electrons. The number of rotatable bonds is 11. The third-order valence-electron chi connectivity index (χ3n) is 4.59. The first kappa shape index (κ1) is 24.3. The van der Waals surface area contributed by atoms with Crippen LogP contribution in [0, 0.1) is 0 Å². The van der Waals surface area contributed by atoms with E-state index in [9.17, 15) is 9.59 Å². The van der Waals surface area contributed by atoms with E-state index in [1.807, 2.05) is 24.3 Å². The lowest BCUT2D eigenvalue weighted by molar-refractivity contribution is -0.123. The highest BCUT2D eigenvalue weighted by Gasteiger charge is 2.16. The van der Waals surface area contributed by atoms with Crippen molar-refractivity contribution in [3.63, 3.8) is 0 Å². The zero-order valence-electron chi connectivity index (χ0n) is 17.6. The largest absolute Gasteiger partial charge is 0.484 e. The molecular formula is C23H26BrN3O4S. The van der Waals surface area contributed by atoms with Crippen LogP contribution in [-0.4, -0.2) is 49.6 Å². The van der Waals surface area contributed by atoms with E-state index >= 15 is 0 Å². The Morgan fingerprint density at radius 2 is 2.06 bits per heavy atom. The Bertz CT molecular complexity index is 918. The number of amides is 2. The van der Waals surface area contributed by atoms with Crippen LogP contribution in [0.25, 0.3) is 0 Å². The van der Waals surface area contributed by atoms with Gasteiger partial charge in [-0.25, -0.2) is 5.43 Å². The maximum Gasteiger partial charge on any atom is 0.258 e. The molecule has 0 saturated carbocycles. The van der Waals surface area contributed by atoms with Crippen molar-refractivity contribution < 1.29 is 19.1 Å². The Kier molecular flexibility index (Phi) is 10.1. The molecule has 2 aromatic carbocycles. The van der Waals surface area contributed by atoms with E-state index in [-0.39, 0.29) is 24.5 Å². The van der Waals surface area contributed by atoms with Gasteiger partial charge in [-0.05, 0) is 60.4 Å². The Hall–Kier alpha value is -2.36. The fourth-order valence-corrected chi connectivity index (χ4v) is 4.20. The summed E-state index contributed by atoms with van der Waals surface area (Å²) in [4.78, 5) is 23.8. The van der Waals surface area contributed by atoms with E-state index in [1.165, 1.54) is 11.8 Å². The van der Waals surface area contributed by atoms with E-state index in [2.05, 4.69) is 31.8 Å². The molecule has 1 atom stereocenters. The number of ether oxygens (including phenoxy) is 2. The number of hydrogen-bond donors (Lipinski definition) is 2. The highest BCUT2D eigenvalue weighted by Crippen LogP contribution is 2.17. The van der Waals surface area contributed by atoms with Crippen LogP contribution in [0.4, 0.5) is 0 Å². The van der Waals surface area contributed by atoms with Crippen molar-refractivity contribution in [1.82, 2.24) is 10.7 Å². The van der Waals surface area contributed by atoms with Crippen molar-refractivity contribution in [2.45, 2.75) is 24.7 Å². The summed E-state index contributed by atoms with van der Waals surface area (Å²) in [5, 5.41) is 6.80. The highest BCUT2D eigenvalue weighted by atomic mass is 79.9. The summed E-state index contributed by atoms with van der Waals surface area (Å²) in [6.45, 7) is 1.24. The van der Waals surface area contributed by atoms with E-state index in [0.29, 0.717) is 18.0 Å². The van der Waals surface area contributed by atoms with Crippen molar-refractivity contribution in [3.8, 4) is 5.75 Å². The minimum Gasteiger partial charge on any atom is -0.484 e. The number of hydrazone groups is 1. The number of nitrogens with zero attached hydrogens (tertiary/aromatic N) is 1. The molecule has 1 aliphatic rings. The molecule has 0 aromatic heterocycles. The molecule has 1 heterocycles. The molecule has 9 heteroatoms. The Labute approximate surface area is 200 Å². The number of carbonyl (C=O) groups excluding carboxylic acids is 2. The van der Waals surface area contributed by atoms with Gasteiger partial charge in [0.2, 0.25) is 5.91 Å². The fraction of sp³-hybridized carbons (Fsp3) is 0.348. The normalized spacial score (nSPS) is 15.6. The quantitative estimate of drug-likeness (QED) is 0.350. The van der Waals surface area contributed by atoms with Crippen LogP contribution in [0.2, 0.25) is 0 Å². The average molecular weight is 520 g/mol. The molecule has 170 valence electrons. The van der Waals surface area contributed by atoms with Crippen LogP contribution in [-0.2, 0) is 20.1 Å². The molecule has 1 aliphatic heterocycles. The van der Waals surface area contributed by atoms with E-state index < -0.39 is 0 Å². The summed E-state index contributed by atoms with van der Waals surface area (Å²) in [7, 11) is 0. The van der Waals surface area contributed by atoms with Gasteiger partial charge in [0.15, 0.2) is 6.61 Å². The third-order valence-corrected chi connectivity index (χ3v) is 6.09. The molecule has 1 saturated heterocycles. The topological polar surface area (TPSA) is 89.0 Å². The molecule has 0 aliphatic carbocycles. The van der Waals surface area contributed by atoms with Gasteiger partial charge in [-0.3, -0.25) is 9.59 Å². The van der Waals surface area contributed by atoms with Crippen molar-refractivity contribution in [1.29, 1.82) is 0 Å². The summed E-state index contributed by atoms with van der Waals surface area (Å²) >= 11 is 4.97. The fourth-order valence-electron chi connectivity index (χ4n) is 2.98. The molecule has 2 N–H and O–H groups in total. The molecule has 1 unspecified atom stereocenters. The molecule has 3 rings (SSSR count). The van der Waals surface area contributed by atoms with E-state index in [4.69, 9.17) is 9.47 Å². The van der Waals surface area contributed by atoms with Crippen LogP contribution in [0.15, 0.2) is 58.1 Å². The van der Waals surface area contributed by atoms with Gasteiger partial charge in [-0.15, -0.1) is 11.8 Å². The standard InChI is InChI=1S/C23H26BrN3O4S/c24-19-4-1-3-18(11-19)15-32-16-23(29)27-26-12-17-6-8-20(9-7-17)31-14-22(28)25-13-21-5-2-10-30-21/h1,3-4,6-9,11-12,21H,2,5,10,13-16H2,(H,25,28)(H,27,29). The maximum atomic E-state index is 11.9. The molecule has 2 aromatic rings. The minimum absolute atomic E-state index is 0.0478. The van der Waals surface area contributed by atoms with Crippen LogP contribution in [0.3, 0.4) is 0 Å². The summed E-state index contributed by atoms with van der Waals surface area (Å²) < 4.78 is 12.0. The average Bonchev–Trinajstić information content (AvgIpc) is 3.31. The van der Waals surface area contributed by atoms with Crippen LogP contribution in [0.5, 0.6) is 5.75 Å². The monoisotopic (exact) mass is 519 g/mol. The van der Waals surface area contributed by atoms with Gasteiger partial charge in [0, 0.05) is 23.4 Å². The van der Waals surface area contributed by atoms with Gasteiger partial charge >= 0.3 is 0 Å². The van der Waals surface area contributed by atoms with E-state index in [0.717, 1.165) is 40.8 Å². The second-order valence-electron chi connectivity index (χ2n) is 7.21. The third kappa shape index (κ3) is 9.02. The van der Waals surface area contributed by atoms with Gasteiger partial charge in [0.05, 0.1) is 18.1 Å². The maximum absolute atomic E-state index is 11.9. The van der Waals surface area contributed by atoms with Crippen LogP contribution < -0.4 is 15.5 Å². The number of halogens is 1. The lowest BCUT2D eigenvalue weighted by atomic mass is 10.2. The van der Waals surface area contributed by atoms with Gasteiger partial charge < -0.3 is 14.8 Å². The predicted octanol–water partition coefficient (Wildman–Crippen LogP) is 3.51. The first-order chi connectivity index (χ1) is 15.6. The summed E-state index contributed by atoms with van der Waals surface area (Å²) in [5.74, 6) is 1.33. The number of thioether (sulfide) groups is 1. The number of carbonyl (C=O) groups is 2. The first-order valence-corrected chi connectivity index (χ1v) is 12.3. The zero-order valence-corrected chi connectivity index (χ0v) is 20.0. The minimum atomic E-state index is -0.174. The van der Waals surface area contributed by atoms with Gasteiger partial charge in [-0.2, -0.15) is 5.10 Å². The lowest BCUT2D eigenvalue weighted by Crippen LogP contribution is -2.35. The van der Waals surface area contributed by atoms with Crippen molar-refractivity contribution in [3.05, 3.63) is 64.1 Å². The van der Waals surface area contributed by atoms with Gasteiger partial charge in [0.25, 0.3) is 5.91 Å².